The molecule has 4 aromatic rings. The lowest BCUT2D eigenvalue weighted by Gasteiger charge is -2.11. The molecule has 0 saturated heterocycles. The van der Waals surface area contributed by atoms with Gasteiger partial charge in [0.05, 0.1) is 17.9 Å². The van der Waals surface area contributed by atoms with E-state index in [4.69, 9.17) is 0 Å². The smallest absolute Gasteiger partial charge is 0.258 e. The van der Waals surface area contributed by atoms with Crippen LogP contribution in [0.25, 0.3) is 11.3 Å². The Kier molecular flexibility index (Phi) is 3.92. The van der Waals surface area contributed by atoms with Gasteiger partial charge in [-0.15, -0.1) is 5.10 Å². The average Bonchev–Trinajstić information content (AvgIpc) is 3.15. The third-order valence-corrected chi connectivity index (χ3v) is 4.21. The van der Waals surface area contributed by atoms with Gasteiger partial charge in [0.15, 0.2) is 0 Å². The molecule has 0 atom stereocenters. The van der Waals surface area contributed by atoms with Crippen LogP contribution in [0.5, 0.6) is 0 Å². The highest BCUT2D eigenvalue weighted by atomic mass is 16.1. The molecule has 0 bridgehead atoms. The molecule has 3 aromatic heterocycles. The largest absolute Gasteiger partial charge is 0.379 e. The Morgan fingerprint density at radius 3 is 2.77 bits per heavy atom. The van der Waals surface area contributed by atoms with E-state index in [1.54, 1.807) is 27.7 Å². The first-order valence-electron chi connectivity index (χ1n) is 8.17. The van der Waals surface area contributed by atoms with Crippen molar-refractivity contribution in [3.8, 4) is 5.69 Å². The van der Waals surface area contributed by atoms with E-state index < -0.39 is 0 Å². The fourth-order valence-electron chi connectivity index (χ4n) is 2.89. The number of tetrazole rings is 1. The van der Waals surface area contributed by atoms with Gasteiger partial charge in [-0.25, -0.2) is 9.67 Å². The second-order valence-electron chi connectivity index (χ2n) is 6.08. The molecule has 26 heavy (non-hydrogen) atoms. The molecule has 1 aromatic carbocycles. The minimum atomic E-state index is -0.0827. The zero-order valence-electron chi connectivity index (χ0n) is 14.4. The Hall–Kier alpha value is -3.55. The molecule has 0 saturated carbocycles. The van der Waals surface area contributed by atoms with E-state index in [0.29, 0.717) is 17.9 Å². The van der Waals surface area contributed by atoms with Crippen molar-refractivity contribution in [1.29, 1.82) is 0 Å². The van der Waals surface area contributed by atoms with Gasteiger partial charge < -0.3 is 5.32 Å². The number of nitrogens with one attached hydrogen (secondary N) is 1. The van der Waals surface area contributed by atoms with Crippen LogP contribution < -0.4 is 10.9 Å². The number of aromatic nitrogens is 6. The van der Waals surface area contributed by atoms with Gasteiger partial charge in [0, 0.05) is 18.0 Å². The summed E-state index contributed by atoms with van der Waals surface area (Å²) in [5, 5.41) is 14.5. The van der Waals surface area contributed by atoms with Crippen molar-refractivity contribution in [2.75, 3.05) is 5.32 Å². The van der Waals surface area contributed by atoms with Gasteiger partial charge in [-0.1, -0.05) is 6.07 Å². The highest BCUT2D eigenvalue weighted by molar-refractivity contribution is 5.53. The fourth-order valence-corrected chi connectivity index (χ4v) is 2.89. The summed E-state index contributed by atoms with van der Waals surface area (Å²) in [6, 6.07) is 11.3. The lowest BCUT2D eigenvalue weighted by Crippen LogP contribution is -2.17. The first-order valence-corrected chi connectivity index (χ1v) is 8.17. The molecule has 0 spiro atoms. The Morgan fingerprint density at radius 1 is 1.12 bits per heavy atom. The zero-order valence-corrected chi connectivity index (χ0v) is 14.4. The number of pyridine rings is 1. The molecule has 0 fully saturated rings. The van der Waals surface area contributed by atoms with Crippen LogP contribution in [0.3, 0.4) is 0 Å². The quantitative estimate of drug-likeness (QED) is 0.606. The number of nitrogens with zero attached hydrogens (tertiary/aromatic N) is 6. The molecule has 8 nitrogen and oxygen atoms in total. The predicted molar refractivity (Wildman–Crippen MR) is 97.4 cm³/mol. The van der Waals surface area contributed by atoms with Crippen LogP contribution in [-0.2, 0) is 6.54 Å². The van der Waals surface area contributed by atoms with E-state index in [-0.39, 0.29) is 5.56 Å². The number of rotatable bonds is 4. The van der Waals surface area contributed by atoms with Crippen molar-refractivity contribution in [1.82, 2.24) is 29.6 Å². The molecule has 130 valence electrons. The van der Waals surface area contributed by atoms with Crippen molar-refractivity contribution in [2.45, 2.75) is 20.4 Å². The summed E-state index contributed by atoms with van der Waals surface area (Å²) in [6.45, 7) is 4.40. The maximum absolute atomic E-state index is 12.3. The number of hydrogen-bond donors (Lipinski definition) is 1. The molecule has 1 N–H and O–H groups in total. The van der Waals surface area contributed by atoms with Crippen LogP contribution in [0, 0.1) is 13.8 Å². The number of anilines is 1. The van der Waals surface area contributed by atoms with Gasteiger partial charge in [0.25, 0.3) is 5.56 Å². The molecule has 0 aliphatic heterocycles. The van der Waals surface area contributed by atoms with E-state index in [1.165, 1.54) is 0 Å². The average molecular weight is 347 g/mol. The molecular weight excluding hydrogens is 330 g/mol. The molecule has 0 unspecified atom stereocenters. The number of hydrogen-bond acceptors (Lipinski definition) is 6. The first kappa shape index (κ1) is 15.9. The van der Waals surface area contributed by atoms with Gasteiger partial charge in [0.1, 0.15) is 12.0 Å². The maximum Gasteiger partial charge on any atom is 0.258 e. The monoisotopic (exact) mass is 347 g/mol. The summed E-state index contributed by atoms with van der Waals surface area (Å²) in [5.41, 5.74) is 5.15. The number of fused-ring (bicyclic) bond motifs is 1. The standard InChI is InChI=1S/C18H17N7O/c1-12-4-3-7-24-17(26)9-15(21-18(12)24)10-19-14-5-6-16(13(2)8-14)25-11-20-22-23-25/h3-9,11,19H,10H2,1-2H3. The predicted octanol–water partition coefficient (Wildman–Crippen LogP) is 1.90. The lowest BCUT2D eigenvalue weighted by molar-refractivity contribution is 0.785. The van der Waals surface area contributed by atoms with E-state index in [1.807, 2.05) is 44.2 Å². The molecule has 0 aliphatic carbocycles. The summed E-state index contributed by atoms with van der Waals surface area (Å²) in [7, 11) is 0. The van der Waals surface area contributed by atoms with Crippen molar-refractivity contribution in [3.05, 3.63) is 76.1 Å². The van der Waals surface area contributed by atoms with Gasteiger partial charge in [-0.05, 0) is 59.7 Å². The summed E-state index contributed by atoms with van der Waals surface area (Å²) >= 11 is 0. The van der Waals surface area contributed by atoms with Crippen LogP contribution in [0.15, 0.2) is 53.7 Å². The molecule has 4 rings (SSSR count). The van der Waals surface area contributed by atoms with Gasteiger partial charge >= 0.3 is 0 Å². The summed E-state index contributed by atoms with van der Waals surface area (Å²) in [4.78, 5) is 16.9. The van der Waals surface area contributed by atoms with Crippen molar-refractivity contribution in [3.63, 3.8) is 0 Å². The molecular formula is C18H17N7O. The fraction of sp³-hybridized carbons (Fsp3) is 0.167. The van der Waals surface area contributed by atoms with E-state index in [2.05, 4.69) is 25.8 Å². The third kappa shape index (κ3) is 2.92. The second-order valence-corrected chi connectivity index (χ2v) is 6.08. The number of aryl methyl sites for hydroxylation is 2. The van der Waals surface area contributed by atoms with Crippen molar-refractivity contribution >= 4 is 11.3 Å². The highest BCUT2D eigenvalue weighted by Crippen LogP contribution is 2.18. The van der Waals surface area contributed by atoms with E-state index >= 15 is 0 Å². The van der Waals surface area contributed by atoms with E-state index in [0.717, 1.165) is 22.5 Å². The summed E-state index contributed by atoms with van der Waals surface area (Å²) < 4.78 is 3.18. The van der Waals surface area contributed by atoms with Crippen LogP contribution in [0.1, 0.15) is 16.8 Å². The third-order valence-electron chi connectivity index (χ3n) is 4.21. The van der Waals surface area contributed by atoms with E-state index in [9.17, 15) is 4.79 Å². The Morgan fingerprint density at radius 2 is 2.00 bits per heavy atom. The Labute approximate surface area is 149 Å². The van der Waals surface area contributed by atoms with Crippen LogP contribution in [0.2, 0.25) is 0 Å². The second kappa shape index (κ2) is 6.40. The topological polar surface area (TPSA) is 90.0 Å². The minimum Gasteiger partial charge on any atom is -0.379 e. The maximum atomic E-state index is 12.3. The molecule has 3 heterocycles. The van der Waals surface area contributed by atoms with Crippen LogP contribution in [-0.4, -0.2) is 29.6 Å². The lowest BCUT2D eigenvalue weighted by atomic mass is 10.1. The normalized spacial score (nSPS) is 11.0. The summed E-state index contributed by atoms with van der Waals surface area (Å²) in [5.74, 6) is 0. The van der Waals surface area contributed by atoms with Crippen LogP contribution >= 0.6 is 0 Å². The van der Waals surface area contributed by atoms with Gasteiger partial charge in [-0.2, -0.15) is 0 Å². The zero-order chi connectivity index (χ0) is 18.1. The van der Waals surface area contributed by atoms with Crippen LogP contribution in [0.4, 0.5) is 5.69 Å². The van der Waals surface area contributed by atoms with Crippen molar-refractivity contribution in [2.24, 2.45) is 0 Å². The Bertz CT molecular complexity index is 1130. The van der Waals surface area contributed by atoms with Gasteiger partial charge in [-0.3, -0.25) is 9.20 Å². The minimum absolute atomic E-state index is 0.0827. The molecule has 8 heteroatoms. The Balaban J connectivity index is 1.58. The number of benzene rings is 1. The molecule has 0 radical (unpaired) electrons. The van der Waals surface area contributed by atoms with Crippen molar-refractivity contribution < 1.29 is 0 Å². The van der Waals surface area contributed by atoms with Gasteiger partial charge in [0.2, 0.25) is 0 Å². The summed E-state index contributed by atoms with van der Waals surface area (Å²) in [6.07, 6.45) is 3.29. The SMILES string of the molecule is Cc1cc(NCc2cc(=O)n3cccc(C)c3n2)ccc1-n1cnnn1. The molecule has 0 aliphatic rings. The highest BCUT2D eigenvalue weighted by Gasteiger charge is 2.06. The first-order chi connectivity index (χ1) is 12.6. The molecule has 0 amide bonds.